The van der Waals surface area contributed by atoms with Crippen LogP contribution in [0.3, 0.4) is 0 Å². The maximum Gasteiger partial charge on any atom is 0.237 e. The van der Waals surface area contributed by atoms with Crippen molar-refractivity contribution in [2.24, 2.45) is 0 Å². The third-order valence-electron chi connectivity index (χ3n) is 4.10. The molecule has 0 saturated carbocycles. The second-order valence-corrected chi connectivity index (χ2v) is 7.33. The van der Waals surface area contributed by atoms with Crippen molar-refractivity contribution in [2.75, 3.05) is 12.1 Å². The summed E-state index contributed by atoms with van der Waals surface area (Å²) in [6.07, 6.45) is 0. The van der Waals surface area contributed by atoms with Gasteiger partial charge in [0, 0.05) is 17.4 Å². The lowest BCUT2D eigenvalue weighted by Gasteiger charge is -2.13. The van der Waals surface area contributed by atoms with Gasteiger partial charge in [0.2, 0.25) is 12.7 Å². The Morgan fingerprint density at radius 1 is 1.15 bits per heavy atom. The topological polar surface area (TPSA) is 78.3 Å². The summed E-state index contributed by atoms with van der Waals surface area (Å²) in [6, 6.07) is 15.2. The van der Waals surface area contributed by atoms with Gasteiger partial charge in [-0.2, -0.15) is 0 Å². The van der Waals surface area contributed by atoms with E-state index in [-0.39, 0.29) is 18.0 Å². The predicted molar refractivity (Wildman–Crippen MR) is 103 cm³/mol. The van der Waals surface area contributed by atoms with Gasteiger partial charge in [-0.25, -0.2) is 0 Å². The third-order valence-corrected chi connectivity index (χ3v) is 5.14. The Morgan fingerprint density at radius 2 is 1.93 bits per heavy atom. The van der Waals surface area contributed by atoms with Gasteiger partial charge in [-0.15, -0.1) is 10.2 Å². The molecule has 1 aromatic heterocycles. The fourth-order valence-electron chi connectivity index (χ4n) is 2.72. The number of nitrogens with one attached hydrogen (secondary N) is 1. The van der Waals surface area contributed by atoms with Gasteiger partial charge in [-0.1, -0.05) is 30.0 Å². The van der Waals surface area contributed by atoms with Crippen LogP contribution in [0, 0.1) is 6.92 Å². The monoisotopic (exact) mass is 382 g/mol. The largest absolute Gasteiger partial charge is 0.454 e. The smallest absolute Gasteiger partial charge is 0.237 e. The normalized spacial score (nSPS) is 13.4. The molecule has 0 bridgehead atoms. The molecule has 0 spiro atoms. The summed E-state index contributed by atoms with van der Waals surface area (Å²) in [5.41, 5.74) is 1.63. The van der Waals surface area contributed by atoms with Crippen molar-refractivity contribution in [1.82, 2.24) is 14.8 Å². The fourth-order valence-corrected chi connectivity index (χ4v) is 3.64. The Hall–Kier alpha value is -3.00. The standard InChI is InChI=1S/C19H18N4O3S/c1-12(18(24)20-14-8-9-16-17(10-14)26-11-25-16)27-19-22-21-13(2)23(19)15-6-4-3-5-7-15/h3-10,12H,11H2,1-2H3,(H,20,24)/t12-/m0/s1. The molecule has 2 aromatic carbocycles. The maximum absolute atomic E-state index is 12.6. The van der Waals surface area contributed by atoms with E-state index in [0.717, 1.165) is 11.5 Å². The number of rotatable bonds is 5. The molecule has 2 heterocycles. The summed E-state index contributed by atoms with van der Waals surface area (Å²) in [5.74, 6) is 1.96. The molecule has 8 heteroatoms. The number of fused-ring (bicyclic) bond motifs is 1. The number of amides is 1. The van der Waals surface area contributed by atoms with Crippen molar-refractivity contribution in [3.05, 3.63) is 54.4 Å². The molecule has 1 atom stereocenters. The van der Waals surface area contributed by atoms with Gasteiger partial charge >= 0.3 is 0 Å². The van der Waals surface area contributed by atoms with Crippen LogP contribution < -0.4 is 14.8 Å². The van der Waals surface area contributed by atoms with Crippen molar-refractivity contribution in [3.63, 3.8) is 0 Å². The van der Waals surface area contributed by atoms with Crippen LogP contribution in [0.2, 0.25) is 0 Å². The van der Waals surface area contributed by atoms with Gasteiger partial charge in [0.1, 0.15) is 5.82 Å². The zero-order chi connectivity index (χ0) is 18.8. The van der Waals surface area contributed by atoms with Crippen molar-refractivity contribution >= 4 is 23.4 Å². The van der Waals surface area contributed by atoms with Crippen molar-refractivity contribution in [3.8, 4) is 17.2 Å². The number of nitrogens with zero attached hydrogens (tertiary/aromatic N) is 3. The van der Waals surface area contributed by atoms with E-state index in [4.69, 9.17) is 9.47 Å². The lowest BCUT2D eigenvalue weighted by Crippen LogP contribution is -2.22. The molecule has 0 saturated heterocycles. The summed E-state index contributed by atoms with van der Waals surface area (Å²) < 4.78 is 12.6. The van der Waals surface area contributed by atoms with E-state index < -0.39 is 0 Å². The van der Waals surface area contributed by atoms with E-state index in [1.54, 1.807) is 18.2 Å². The first kappa shape index (κ1) is 17.4. The van der Waals surface area contributed by atoms with E-state index in [1.165, 1.54) is 11.8 Å². The number of thioether (sulfide) groups is 1. The molecule has 4 rings (SSSR count). The number of carbonyl (C=O) groups is 1. The lowest BCUT2D eigenvalue weighted by molar-refractivity contribution is -0.115. The van der Waals surface area contributed by atoms with Crippen LogP contribution in [0.5, 0.6) is 11.5 Å². The molecule has 3 aromatic rings. The molecule has 138 valence electrons. The molecule has 0 radical (unpaired) electrons. The number of aromatic nitrogens is 3. The molecule has 1 N–H and O–H groups in total. The van der Waals surface area contributed by atoms with Crippen LogP contribution in [-0.2, 0) is 4.79 Å². The van der Waals surface area contributed by atoms with Gasteiger partial charge in [-0.05, 0) is 38.1 Å². The Kier molecular flexibility index (Phi) is 4.72. The summed E-state index contributed by atoms with van der Waals surface area (Å²) in [4.78, 5) is 12.6. The van der Waals surface area contributed by atoms with Gasteiger partial charge < -0.3 is 14.8 Å². The number of hydrogen-bond acceptors (Lipinski definition) is 6. The number of para-hydroxylation sites is 1. The van der Waals surface area contributed by atoms with Gasteiger partial charge in [0.15, 0.2) is 16.7 Å². The zero-order valence-corrected chi connectivity index (χ0v) is 15.7. The fraction of sp³-hybridized carbons (Fsp3) is 0.211. The minimum Gasteiger partial charge on any atom is -0.454 e. The van der Waals surface area contributed by atoms with Gasteiger partial charge in [0.25, 0.3) is 0 Å². The molecule has 7 nitrogen and oxygen atoms in total. The molecule has 0 unspecified atom stereocenters. The number of ether oxygens (including phenoxy) is 2. The van der Waals surface area contributed by atoms with Crippen molar-refractivity contribution in [1.29, 1.82) is 0 Å². The van der Waals surface area contributed by atoms with Crippen molar-refractivity contribution < 1.29 is 14.3 Å². The van der Waals surface area contributed by atoms with Gasteiger partial charge in [0.05, 0.1) is 5.25 Å². The molecule has 1 amide bonds. The highest BCUT2D eigenvalue weighted by Crippen LogP contribution is 2.34. The van der Waals surface area contributed by atoms with E-state index in [1.807, 2.05) is 48.7 Å². The number of aryl methyl sites for hydroxylation is 1. The maximum atomic E-state index is 12.6. The molecule has 1 aliphatic heterocycles. The van der Waals surface area contributed by atoms with E-state index in [9.17, 15) is 4.79 Å². The zero-order valence-electron chi connectivity index (χ0n) is 14.9. The molecular weight excluding hydrogens is 364 g/mol. The average molecular weight is 382 g/mol. The third kappa shape index (κ3) is 3.61. The Labute approximate surface area is 160 Å². The molecule has 27 heavy (non-hydrogen) atoms. The predicted octanol–water partition coefficient (Wildman–Crippen LogP) is 3.42. The van der Waals surface area contributed by atoms with Crippen LogP contribution in [0.25, 0.3) is 5.69 Å². The molecular formula is C19H18N4O3S. The molecule has 0 aliphatic carbocycles. The minimum absolute atomic E-state index is 0.126. The van der Waals surface area contributed by atoms with Gasteiger partial charge in [-0.3, -0.25) is 9.36 Å². The second-order valence-electron chi connectivity index (χ2n) is 6.02. The van der Waals surface area contributed by atoms with Crippen LogP contribution in [-0.4, -0.2) is 32.7 Å². The first-order chi connectivity index (χ1) is 13.1. The van der Waals surface area contributed by atoms with Crippen LogP contribution in [0.4, 0.5) is 5.69 Å². The van der Waals surface area contributed by atoms with Crippen LogP contribution in [0.1, 0.15) is 12.7 Å². The highest BCUT2D eigenvalue weighted by atomic mass is 32.2. The summed E-state index contributed by atoms with van der Waals surface area (Å²) in [5, 5.41) is 11.6. The first-order valence-electron chi connectivity index (χ1n) is 8.46. The van der Waals surface area contributed by atoms with E-state index >= 15 is 0 Å². The summed E-state index contributed by atoms with van der Waals surface area (Å²) >= 11 is 1.36. The van der Waals surface area contributed by atoms with Crippen LogP contribution in [0.15, 0.2) is 53.7 Å². The number of hydrogen-bond donors (Lipinski definition) is 1. The number of carbonyl (C=O) groups excluding carboxylic acids is 1. The summed E-state index contributed by atoms with van der Waals surface area (Å²) in [7, 11) is 0. The first-order valence-corrected chi connectivity index (χ1v) is 9.34. The number of benzene rings is 2. The second kappa shape index (κ2) is 7.32. The quantitative estimate of drug-likeness (QED) is 0.681. The molecule has 0 fully saturated rings. The van der Waals surface area contributed by atoms with Crippen molar-refractivity contribution in [2.45, 2.75) is 24.3 Å². The Balaban J connectivity index is 1.48. The highest BCUT2D eigenvalue weighted by Gasteiger charge is 2.21. The Bertz CT molecular complexity index is 974. The van der Waals surface area contributed by atoms with Crippen LogP contribution >= 0.6 is 11.8 Å². The average Bonchev–Trinajstić information content (AvgIpc) is 3.28. The molecule has 1 aliphatic rings. The lowest BCUT2D eigenvalue weighted by atomic mass is 10.2. The SMILES string of the molecule is Cc1nnc(S[C@@H](C)C(=O)Nc2ccc3c(c2)OCO3)n1-c1ccccc1. The summed E-state index contributed by atoms with van der Waals surface area (Å²) in [6.45, 7) is 3.93. The van der Waals surface area contributed by atoms with E-state index in [0.29, 0.717) is 22.3 Å². The minimum atomic E-state index is -0.360. The van der Waals surface area contributed by atoms with E-state index in [2.05, 4.69) is 15.5 Å². The highest BCUT2D eigenvalue weighted by molar-refractivity contribution is 8.00. The number of anilines is 1. The Morgan fingerprint density at radius 3 is 2.74 bits per heavy atom.